The third-order valence-electron chi connectivity index (χ3n) is 4.78. The Bertz CT molecular complexity index is 1210. The predicted octanol–water partition coefficient (Wildman–Crippen LogP) is 6.57. The molecule has 5 rings (SSSR count). The third-order valence-corrected chi connectivity index (χ3v) is 6.35. The van der Waals surface area contributed by atoms with Gasteiger partial charge in [-0.2, -0.15) is 4.98 Å². The van der Waals surface area contributed by atoms with Crippen LogP contribution in [0.5, 0.6) is 5.88 Å². The summed E-state index contributed by atoms with van der Waals surface area (Å²) >= 11 is 5.03. The van der Waals surface area contributed by atoms with Crippen LogP contribution in [0.25, 0.3) is 22.6 Å². The molecule has 0 saturated carbocycles. The quantitative estimate of drug-likeness (QED) is 0.314. The fourth-order valence-electron chi connectivity index (χ4n) is 3.29. The van der Waals surface area contributed by atoms with Gasteiger partial charge in [0.1, 0.15) is 5.76 Å². The number of nitrogens with one attached hydrogen (secondary N) is 1. The van der Waals surface area contributed by atoms with Crippen LogP contribution in [-0.4, -0.2) is 20.9 Å². The Morgan fingerprint density at radius 2 is 1.87 bits per heavy atom. The molecule has 31 heavy (non-hydrogen) atoms. The Kier molecular flexibility index (Phi) is 5.65. The molecule has 156 valence electrons. The SMILES string of the molecule is CCCSc1nnc2c(n1)O[C@H](c1ccc(-c3ccc(Br)cc3)o1)Nc1ccccc1-2. The molecule has 6 nitrogen and oxygen atoms in total. The zero-order chi connectivity index (χ0) is 21.2. The summed E-state index contributed by atoms with van der Waals surface area (Å²) in [5, 5.41) is 12.7. The number of halogens is 1. The number of para-hydroxylation sites is 1. The van der Waals surface area contributed by atoms with E-state index in [0.717, 1.165) is 39.2 Å². The molecule has 1 aliphatic rings. The van der Waals surface area contributed by atoms with E-state index in [-0.39, 0.29) is 0 Å². The van der Waals surface area contributed by atoms with Crippen molar-refractivity contribution in [1.82, 2.24) is 15.2 Å². The molecule has 0 fully saturated rings. The van der Waals surface area contributed by atoms with Crippen molar-refractivity contribution < 1.29 is 9.15 Å². The molecule has 0 spiro atoms. The summed E-state index contributed by atoms with van der Waals surface area (Å²) in [6, 6.07) is 19.8. The maximum atomic E-state index is 6.28. The van der Waals surface area contributed by atoms with Gasteiger partial charge >= 0.3 is 0 Å². The van der Waals surface area contributed by atoms with Crippen molar-refractivity contribution in [3.63, 3.8) is 0 Å². The van der Waals surface area contributed by atoms with E-state index in [0.29, 0.717) is 22.5 Å². The molecule has 4 aromatic rings. The van der Waals surface area contributed by atoms with Gasteiger partial charge in [-0.15, -0.1) is 10.2 Å². The van der Waals surface area contributed by atoms with Crippen molar-refractivity contribution in [2.45, 2.75) is 24.7 Å². The molecule has 0 aliphatic carbocycles. The molecule has 1 atom stereocenters. The van der Waals surface area contributed by atoms with Crippen LogP contribution in [0, 0.1) is 0 Å². The highest BCUT2D eigenvalue weighted by molar-refractivity contribution is 9.10. The number of ether oxygens (including phenoxy) is 1. The molecule has 0 amide bonds. The second kappa shape index (κ2) is 8.72. The second-order valence-corrected chi connectivity index (χ2v) is 8.97. The number of furan rings is 1. The predicted molar refractivity (Wildman–Crippen MR) is 125 cm³/mol. The minimum atomic E-state index is -0.549. The summed E-state index contributed by atoms with van der Waals surface area (Å²) in [6.45, 7) is 2.12. The summed E-state index contributed by atoms with van der Waals surface area (Å²) < 4.78 is 13.5. The van der Waals surface area contributed by atoms with Crippen LogP contribution in [0.3, 0.4) is 0 Å². The lowest BCUT2D eigenvalue weighted by Gasteiger charge is -2.16. The van der Waals surface area contributed by atoms with Gasteiger partial charge in [0.05, 0.1) is 0 Å². The molecule has 0 radical (unpaired) electrons. The summed E-state index contributed by atoms with van der Waals surface area (Å²) in [4.78, 5) is 4.64. The molecular weight excluding hydrogens is 476 g/mol. The number of fused-ring (bicyclic) bond motifs is 3. The molecule has 3 heterocycles. The first-order chi connectivity index (χ1) is 15.2. The molecule has 2 aromatic carbocycles. The first-order valence-corrected chi connectivity index (χ1v) is 11.7. The summed E-state index contributed by atoms with van der Waals surface area (Å²) in [7, 11) is 0. The highest BCUT2D eigenvalue weighted by Gasteiger charge is 2.28. The van der Waals surface area contributed by atoms with Gasteiger partial charge in [-0.05, 0) is 36.8 Å². The lowest BCUT2D eigenvalue weighted by molar-refractivity contribution is 0.196. The van der Waals surface area contributed by atoms with Crippen molar-refractivity contribution in [2.75, 3.05) is 11.1 Å². The van der Waals surface area contributed by atoms with Crippen LogP contribution in [0.15, 0.2) is 74.7 Å². The second-order valence-electron chi connectivity index (χ2n) is 6.99. The fraction of sp³-hybridized carbons (Fsp3) is 0.174. The van der Waals surface area contributed by atoms with Gasteiger partial charge in [-0.3, -0.25) is 0 Å². The van der Waals surface area contributed by atoms with Crippen molar-refractivity contribution in [3.8, 4) is 28.5 Å². The highest BCUT2D eigenvalue weighted by atomic mass is 79.9. The van der Waals surface area contributed by atoms with Crippen LogP contribution >= 0.6 is 27.7 Å². The molecule has 1 N–H and O–H groups in total. The summed E-state index contributed by atoms with van der Waals surface area (Å²) in [5.41, 5.74) is 3.39. The molecule has 1 aliphatic heterocycles. The molecule has 8 heteroatoms. The van der Waals surface area contributed by atoms with Gasteiger partial charge in [0, 0.05) is 27.0 Å². The topological polar surface area (TPSA) is 73.1 Å². The van der Waals surface area contributed by atoms with E-state index in [9.17, 15) is 0 Å². The number of hydrogen-bond acceptors (Lipinski definition) is 7. The number of rotatable bonds is 5. The van der Waals surface area contributed by atoms with Gasteiger partial charge < -0.3 is 14.5 Å². The minimum absolute atomic E-state index is 0.442. The summed E-state index contributed by atoms with van der Waals surface area (Å²) in [6.07, 6.45) is 0.483. The van der Waals surface area contributed by atoms with Crippen LogP contribution in [0.1, 0.15) is 25.3 Å². The molecule has 0 unspecified atom stereocenters. The van der Waals surface area contributed by atoms with Gasteiger partial charge in [0.25, 0.3) is 0 Å². The lowest BCUT2D eigenvalue weighted by atomic mass is 10.1. The maximum absolute atomic E-state index is 6.28. The Morgan fingerprint density at radius 3 is 2.71 bits per heavy atom. The van der Waals surface area contributed by atoms with Crippen LogP contribution in [0.2, 0.25) is 0 Å². The summed E-state index contributed by atoms with van der Waals surface area (Å²) in [5.74, 6) is 2.79. The van der Waals surface area contributed by atoms with E-state index in [1.165, 1.54) is 0 Å². The molecule has 0 bridgehead atoms. The fourth-order valence-corrected chi connectivity index (χ4v) is 4.19. The number of hydrogen-bond donors (Lipinski definition) is 1. The number of nitrogens with zero attached hydrogens (tertiary/aromatic N) is 3. The van der Waals surface area contributed by atoms with Crippen LogP contribution < -0.4 is 10.1 Å². The minimum Gasteiger partial charge on any atom is -0.455 e. The highest BCUT2D eigenvalue weighted by Crippen LogP contribution is 2.40. The van der Waals surface area contributed by atoms with Crippen molar-refractivity contribution >= 4 is 33.4 Å². The van der Waals surface area contributed by atoms with Gasteiger partial charge in [-0.25, -0.2) is 0 Å². The molecular formula is C23H19BrN4O2S. The Hall–Kier alpha value is -2.84. The standard InChI is InChI=1S/C23H19BrN4O2S/c1-2-13-31-23-26-22-20(27-28-23)16-5-3-4-6-17(16)25-21(30-22)19-12-11-18(29-19)14-7-9-15(24)10-8-14/h3-12,21,25H,2,13H2,1H3/t21-/m1/s1. The van der Waals surface area contributed by atoms with E-state index in [2.05, 4.69) is 43.4 Å². The first-order valence-electron chi connectivity index (χ1n) is 9.97. The molecule has 0 saturated heterocycles. The van der Waals surface area contributed by atoms with E-state index in [1.807, 2.05) is 60.7 Å². The molecule has 2 aromatic heterocycles. The average Bonchev–Trinajstić information content (AvgIpc) is 3.22. The van der Waals surface area contributed by atoms with Gasteiger partial charge in [0.2, 0.25) is 17.3 Å². The lowest BCUT2D eigenvalue weighted by Crippen LogP contribution is -2.16. The normalized spacial score (nSPS) is 14.7. The van der Waals surface area contributed by atoms with E-state index >= 15 is 0 Å². The number of anilines is 1. The van der Waals surface area contributed by atoms with Gasteiger partial charge in [0.15, 0.2) is 11.5 Å². The zero-order valence-corrected chi connectivity index (χ0v) is 19.1. The van der Waals surface area contributed by atoms with Crippen molar-refractivity contribution in [1.29, 1.82) is 0 Å². The van der Waals surface area contributed by atoms with Crippen LogP contribution in [0.4, 0.5) is 5.69 Å². The Balaban J connectivity index is 1.52. The monoisotopic (exact) mass is 494 g/mol. The first kappa shape index (κ1) is 20.1. The van der Waals surface area contributed by atoms with Gasteiger partial charge in [-0.1, -0.05) is 64.9 Å². The van der Waals surface area contributed by atoms with Crippen molar-refractivity contribution in [3.05, 3.63) is 70.9 Å². The van der Waals surface area contributed by atoms with Crippen molar-refractivity contribution in [2.24, 2.45) is 0 Å². The van der Waals surface area contributed by atoms with Crippen LogP contribution in [-0.2, 0) is 0 Å². The third kappa shape index (κ3) is 4.18. The Labute approximate surface area is 192 Å². The maximum Gasteiger partial charge on any atom is 0.247 e. The number of aromatic nitrogens is 3. The largest absolute Gasteiger partial charge is 0.455 e. The number of benzene rings is 2. The van der Waals surface area contributed by atoms with E-state index in [4.69, 9.17) is 9.15 Å². The Morgan fingerprint density at radius 1 is 1.03 bits per heavy atom. The van der Waals surface area contributed by atoms with E-state index < -0.39 is 6.23 Å². The number of thioether (sulfide) groups is 1. The zero-order valence-electron chi connectivity index (χ0n) is 16.7. The average molecular weight is 495 g/mol. The smallest absolute Gasteiger partial charge is 0.247 e. The van der Waals surface area contributed by atoms with E-state index in [1.54, 1.807) is 11.8 Å².